The fourth-order valence-corrected chi connectivity index (χ4v) is 3.54. The number of benzene rings is 1. The molecule has 1 aromatic carbocycles. The first-order valence-electron chi connectivity index (χ1n) is 8.11. The van der Waals surface area contributed by atoms with Crippen LogP contribution in [-0.4, -0.2) is 31.1 Å². The fraction of sp³-hybridized carbons (Fsp3) is 0.611. The van der Waals surface area contributed by atoms with Crippen molar-refractivity contribution < 1.29 is 9.53 Å². The van der Waals surface area contributed by atoms with Crippen molar-refractivity contribution in [2.75, 3.05) is 19.7 Å². The molecule has 2 fully saturated rings. The predicted molar refractivity (Wildman–Crippen MR) is 87.0 cm³/mol. The molecule has 0 aromatic heterocycles. The summed E-state index contributed by atoms with van der Waals surface area (Å²) in [6.07, 6.45) is 0. The van der Waals surface area contributed by atoms with E-state index in [9.17, 15) is 4.79 Å². The van der Waals surface area contributed by atoms with E-state index in [1.165, 1.54) is 0 Å². The molecule has 1 aromatic rings. The molecule has 4 heteroatoms. The van der Waals surface area contributed by atoms with E-state index in [-0.39, 0.29) is 17.4 Å². The van der Waals surface area contributed by atoms with Crippen molar-refractivity contribution in [1.29, 1.82) is 0 Å². The Labute approximate surface area is 132 Å². The van der Waals surface area contributed by atoms with Gasteiger partial charge in [0.2, 0.25) is 5.91 Å². The summed E-state index contributed by atoms with van der Waals surface area (Å²) >= 11 is 0. The zero-order chi connectivity index (χ0) is 15.9. The minimum absolute atomic E-state index is 0.187. The number of ether oxygens (including phenoxy) is 1. The maximum atomic E-state index is 12.4. The number of nitrogens with one attached hydrogen (secondary N) is 2. The molecule has 3 atom stereocenters. The Morgan fingerprint density at radius 2 is 1.86 bits per heavy atom. The van der Waals surface area contributed by atoms with Crippen LogP contribution in [0.25, 0.3) is 0 Å². The Hall–Kier alpha value is -1.55. The van der Waals surface area contributed by atoms with Gasteiger partial charge in [-0.05, 0) is 63.7 Å². The van der Waals surface area contributed by atoms with Crippen LogP contribution in [0.3, 0.4) is 0 Å². The predicted octanol–water partition coefficient (Wildman–Crippen LogP) is 2.04. The zero-order valence-electron chi connectivity index (χ0n) is 13.9. The Morgan fingerprint density at radius 1 is 1.27 bits per heavy atom. The number of piperidine rings is 1. The van der Waals surface area contributed by atoms with Gasteiger partial charge < -0.3 is 15.4 Å². The van der Waals surface area contributed by atoms with Crippen LogP contribution in [0, 0.1) is 31.6 Å². The number of amides is 1. The third-order valence-electron chi connectivity index (χ3n) is 4.84. The summed E-state index contributed by atoms with van der Waals surface area (Å²) in [7, 11) is 0. The highest BCUT2D eigenvalue weighted by Crippen LogP contribution is 2.48. The molecule has 1 aliphatic heterocycles. The molecule has 1 amide bonds. The average Bonchev–Trinajstić information content (AvgIpc) is 2.92. The Balaban J connectivity index is 1.56. The lowest BCUT2D eigenvalue weighted by Crippen LogP contribution is -2.49. The Morgan fingerprint density at radius 3 is 2.45 bits per heavy atom. The SMILES string of the molecule is Cc1cccc(C)c1OCC(C)(C)NC(=O)C1[C@H]2CNC[C@@H]12. The smallest absolute Gasteiger partial charge is 0.224 e. The summed E-state index contributed by atoms with van der Waals surface area (Å²) in [5.74, 6) is 2.43. The Kier molecular flexibility index (Phi) is 3.89. The van der Waals surface area contributed by atoms with E-state index in [1.54, 1.807) is 0 Å². The number of aryl methyl sites for hydroxylation is 2. The summed E-state index contributed by atoms with van der Waals surface area (Å²) in [6.45, 7) is 10.6. The molecule has 1 saturated heterocycles. The van der Waals surface area contributed by atoms with Gasteiger partial charge in [0.15, 0.2) is 0 Å². The van der Waals surface area contributed by atoms with Crippen LogP contribution in [0.5, 0.6) is 5.75 Å². The van der Waals surface area contributed by atoms with Gasteiger partial charge in [-0.2, -0.15) is 0 Å². The maximum absolute atomic E-state index is 12.4. The van der Waals surface area contributed by atoms with Crippen molar-refractivity contribution in [3.63, 3.8) is 0 Å². The standard InChI is InChI=1S/C18H26N2O2/c1-11-6-5-7-12(2)16(11)22-10-18(3,4)20-17(21)15-13-8-19-9-14(13)15/h5-7,13-15,19H,8-10H2,1-4H3,(H,20,21)/t13-,14+,15?. The summed E-state index contributed by atoms with van der Waals surface area (Å²) in [4.78, 5) is 12.4. The Bertz CT molecular complexity index is 552. The summed E-state index contributed by atoms with van der Waals surface area (Å²) in [5.41, 5.74) is 1.89. The van der Waals surface area contributed by atoms with Crippen molar-refractivity contribution in [1.82, 2.24) is 10.6 Å². The summed E-state index contributed by atoms with van der Waals surface area (Å²) < 4.78 is 6.00. The molecule has 0 bridgehead atoms. The lowest BCUT2D eigenvalue weighted by atomic mass is 10.1. The molecule has 120 valence electrons. The second-order valence-corrected chi connectivity index (χ2v) is 7.39. The summed E-state index contributed by atoms with van der Waals surface area (Å²) in [6, 6.07) is 6.13. The second kappa shape index (κ2) is 5.58. The van der Waals surface area contributed by atoms with Crippen LogP contribution in [0.4, 0.5) is 0 Å². The molecular weight excluding hydrogens is 276 g/mol. The number of para-hydroxylation sites is 1. The molecule has 0 spiro atoms. The van der Waals surface area contributed by atoms with Crippen LogP contribution in [0.2, 0.25) is 0 Å². The molecule has 2 aliphatic rings. The van der Waals surface area contributed by atoms with Gasteiger partial charge in [-0.1, -0.05) is 18.2 Å². The van der Waals surface area contributed by atoms with Crippen LogP contribution >= 0.6 is 0 Å². The van der Waals surface area contributed by atoms with Crippen molar-refractivity contribution in [2.24, 2.45) is 17.8 Å². The molecule has 2 N–H and O–H groups in total. The highest BCUT2D eigenvalue weighted by atomic mass is 16.5. The van der Waals surface area contributed by atoms with Gasteiger partial charge in [0.1, 0.15) is 12.4 Å². The molecule has 22 heavy (non-hydrogen) atoms. The largest absolute Gasteiger partial charge is 0.491 e. The minimum Gasteiger partial charge on any atom is -0.491 e. The molecule has 1 saturated carbocycles. The third kappa shape index (κ3) is 2.98. The van der Waals surface area contributed by atoms with Crippen molar-refractivity contribution in [3.8, 4) is 5.75 Å². The lowest BCUT2D eigenvalue weighted by Gasteiger charge is -2.27. The zero-order valence-corrected chi connectivity index (χ0v) is 13.9. The number of hydrogen-bond donors (Lipinski definition) is 2. The van der Waals surface area contributed by atoms with E-state index in [4.69, 9.17) is 4.74 Å². The van der Waals surface area contributed by atoms with Gasteiger partial charge in [0.25, 0.3) is 0 Å². The van der Waals surface area contributed by atoms with Crippen LogP contribution in [0.1, 0.15) is 25.0 Å². The van der Waals surface area contributed by atoms with E-state index in [1.807, 2.05) is 45.9 Å². The van der Waals surface area contributed by atoms with Crippen molar-refractivity contribution in [2.45, 2.75) is 33.2 Å². The first-order valence-corrected chi connectivity index (χ1v) is 8.11. The normalized spacial score (nSPS) is 26.5. The first kappa shape index (κ1) is 15.3. The van der Waals surface area contributed by atoms with Crippen LogP contribution < -0.4 is 15.4 Å². The highest BCUT2D eigenvalue weighted by molar-refractivity contribution is 5.83. The van der Waals surface area contributed by atoms with Gasteiger partial charge in [-0.3, -0.25) is 4.79 Å². The molecule has 3 rings (SSSR count). The van der Waals surface area contributed by atoms with Crippen molar-refractivity contribution in [3.05, 3.63) is 29.3 Å². The van der Waals surface area contributed by atoms with Gasteiger partial charge in [-0.25, -0.2) is 0 Å². The summed E-state index contributed by atoms with van der Waals surface area (Å²) in [5, 5.41) is 6.49. The molecule has 1 unspecified atom stereocenters. The topological polar surface area (TPSA) is 50.4 Å². The van der Waals surface area contributed by atoms with E-state index in [2.05, 4.69) is 10.6 Å². The number of fused-ring (bicyclic) bond motifs is 1. The third-order valence-corrected chi connectivity index (χ3v) is 4.84. The van der Waals surface area contributed by atoms with E-state index < -0.39 is 0 Å². The number of carbonyl (C=O) groups is 1. The quantitative estimate of drug-likeness (QED) is 0.875. The molecule has 1 aliphatic carbocycles. The van der Waals surface area contributed by atoms with Crippen LogP contribution in [0.15, 0.2) is 18.2 Å². The minimum atomic E-state index is -0.365. The van der Waals surface area contributed by atoms with Crippen LogP contribution in [-0.2, 0) is 4.79 Å². The number of rotatable bonds is 5. The van der Waals surface area contributed by atoms with Gasteiger partial charge in [0.05, 0.1) is 5.54 Å². The van der Waals surface area contributed by atoms with E-state index in [0.29, 0.717) is 18.4 Å². The molecule has 0 radical (unpaired) electrons. The molecule has 1 heterocycles. The van der Waals surface area contributed by atoms with E-state index in [0.717, 1.165) is 30.0 Å². The second-order valence-electron chi connectivity index (χ2n) is 7.39. The average molecular weight is 302 g/mol. The molecule has 4 nitrogen and oxygen atoms in total. The number of hydrogen-bond acceptors (Lipinski definition) is 3. The lowest BCUT2D eigenvalue weighted by molar-refractivity contribution is -0.125. The van der Waals surface area contributed by atoms with E-state index >= 15 is 0 Å². The van der Waals surface area contributed by atoms with Gasteiger partial charge >= 0.3 is 0 Å². The molecular formula is C18H26N2O2. The highest BCUT2D eigenvalue weighted by Gasteiger charge is 2.57. The first-order chi connectivity index (χ1) is 10.4. The fourth-order valence-electron chi connectivity index (χ4n) is 3.54. The van der Waals surface area contributed by atoms with Gasteiger partial charge in [-0.15, -0.1) is 0 Å². The van der Waals surface area contributed by atoms with Crippen molar-refractivity contribution >= 4 is 5.91 Å². The number of carbonyl (C=O) groups excluding carboxylic acids is 1. The van der Waals surface area contributed by atoms with Gasteiger partial charge in [0, 0.05) is 5.92 Å². The monoisotopic (exact) mass is 302 g/mol. The maximum Gasteiger partial charge on any atom is 0.224 e.